The maximum atomic E-state index is 13.1. The molecule has 0 aromatic heterocycles. The molecule has 6 rings (SSSR count). The third-order valence-corrected chi connectivity index (χ3v) is 6.39. The van der Waals surface area contributed by atoms with E-state index >= 15 is 0 Å². The van der Waals surface area contributed by atoms with E-state index < -0.39 is 17.5 Å². The highest BCUT2D eigenvalue weighted by molar-refractivity contribution is 6.21. The van der Waals surface area contributed by atoms with E-state index in [-0.39, 0.29) is 46.8 Å². The van der Waals surface area contributed by atoms with E-state index in [1.807, 2.05) is 0 Å². The summed E-state index contributed by atoms with van der Waals surface area (Å²) in [7, 11) is 0. The first kappa shape index (κ1) is 19.4. The molecule has 1 unspecified atom stereocenters. The second-order valence-electron chi connectivity index (χ2n) is 8.44. The molecule has 8 heteroatoms. The third-order valence-electron chi connectivity index (χ3n) is 6.39. The number of nitrogens with zero attached hydrogens (tertiary/aromatic N) is 1. The van der Waals surface area contributed by atoms with Gasteiger partial charge < -0.3 is 19.7 Å². The summed E-state index contributed by atoms with van der Waals surface area (Å²) in [6, 6.07) is 13.8. The predicted molar refractivity (Wildman–Crippen MR) is 114 cm³/mol. The summed E-state index contributed by atoms with van der Waals surface area (Å²) in [5, 5.41) is 20.0. The number of ether oxygens (including phenoxy) is 2. The largest absolute Gasteiger partial charge is 0.508 e. The molecule has 0 radical (unpaired) electrons. The fourth-order valence-corrected chi connectivity index (χ4v) is 4.89. The number of phenolic OH excluding ortho intramolecular Hbond substituents is 2. The first-order chi connectivity index (χ1) is 15.8. The zero-order valence-electron chi connectivity index (χ0n) is 17.4. The van der Waals surface area contributed by atoms with Gasteiger partial charge in [0.25, 0.3) is 0 Å². The average Bonchev–Trinajstić information content (AvgIpc) is 3.20. The Kier molecular flexibility index (Phi) is 3.73. The minimum Gasteiger partial charge on any atom is -0.508 e. The number of carbonyl (C=O) groups excluding carboxylic acids is 3. The average molecular weight is 443 g/mol. The second-order valence-corrected chi connectivity index (χ2v) is 8.44. The van der Waals surface area contributed by atoms with Gasteiger partial charge in [-0.3, -0.25) is 14.5 Å². The first-order valence-electron chi connectivity index (χ1n) is 10.4. The Bertz CT molecular complexity index is 1360. The number of imide groups is 1. The van der Waals surface area contributed by atoms with Gasteiger partial charge >= 0.3 is 5.97 Å². The van der Waals surface area contributed by atoms with Crippen LogP contribution in [0.1, 0.15) is 40.4 Å². The number of carbonyl (C=O) groups is 3. The van der Waals surface area contributed by atoms with Crippen LogP contribution in [0.4, 0.5) is 5.69 Å². The van der Waals surface area contributed by atoms with E-state index in [0.29, 0.717) is 22.4 Å². The number of anilines is 1. The highest BCUT2D eigenvalue weighted by Gasteiger charge is 2.54. The quantitative estimate of drug-likeness (QED) is 0.437. The molecule has 1 saturated heterocycles. The van der Waals surface area contributed by atoms with Crippen molar-refractivity contribution in [2.75, 3.05) is 4.90 Å². The van der Waals surface area contributed by atoms with Crippen molar-refractivity contribution in [1.29, 1.82) is 0 Å². The van der Waals surface area contributed by atoms with Crippen molar-refractivity contribution in [1.82, 2.24) is 0 Å². The molecule has 3 aliphatic heterocycles. The van der Waals surface area contributed by atoms with E-state index in [1.54, 1.807) is 31.2 Å². The SMILES string of the molecule is CC1CC(=O)N(c2ccc3c(c2)C(=O)OC32c3ccc(O)cc3Oc3cc(O)ccc32)C1=O. The van der Waals surface area contributed by atoms with Crippen LogP contribution in [0.15, 0.2) is 54.6 Å². The summed E-state index contributed by atoms with van der Waals surface area (Å²) in [6.45, 7) is 1.69. The molecule has 1 spiro atoms. The zero-order chi connectivity index (χ0) is 23.1. The maximum absolute atomic E-state index is 13.1. The molecule has 3 aromatic rings. The molecule has 3 aromatic carbocycles. The van der Waals surface area contributed by atoms with Gasteiger partial charge in [0.1, 0.15) is 23.0 Å². The Balaban J connectivity index is 1.59. The van der Waals surface area contributed by atoms with Crippen LogP contribution in [0.25, 0.3) is 0 Å². The lowest BCUT2D eigenvalue weighted by atomic mass is 9.77. The van der Waals surface area contributed by atoms with Gasteiger partial charge in [0, 0.05) is 41.2 Å². The zero-order valence-corrected chi connectivity index (χ0v) is 17.4. The van der Waals surface area contributed by atoms with Crippen LogP contribution in [0, 0.1) is 5.92 Å². The topological polar surface area (TPSA) is 113 Å². The molecule has 0 saturated carbocycles. The second kappa shape index (κ2) is 6.35. The molecule has 2 amide bonds. The van der Waals surface area contributed by atoms with Gasteiger partial charge in [0.05, 0.1) is 11.3 Å². The standard InChI is InChI=1S/C25H17NO7/c1-12-8-22(29)26(23(12)30)13-2-5-17-16(9-13)24(31)33-25(17)18-6-3-14(27)10-20(18)32-21-11-15(28)4-7-19(21)25/h2-7,9-12,27-28H,8H2,1H3. The predicted octanol–water partition coefficient (Wildman–Crippen LogP) is 3.57. The summed E-state index contributed by atoms with van der Waals surface area (Å²) in [5.74, 6) is -1.19. The molecule has 1 atom stereocenters. The van der Waals surface area contributed by atoms with Crippen LogP contribution >= 0.6 is 0 Å². The Morgan fingerprint density at radius 2 is 1.48 bits per heavy atom. The van der Waals surface area contributed by atoms with Gasteiger partial charge in [0.15, 0.2) is 5.60 Å². The molecule has 0 aliphatic carbocycles. The maximum Gasteiger partial charge on any atom is 0.340 e. The fourth-order valence-electron chi connectivity index (χ4n) is 4.89. The van der Waals surface area contributed by atoms with Crippen LogP contribution in [0.2, 0.25) is 0 Å². The van der Waals surface area contributed by atoms with E-state index in [2.05, 4.69) is 0 Å². The molecule has 3 aliphatic rings. The Morgan fingerprint density at radius 1 is 0.879 bits per heavy atom. The van der Waals surface area contributed by atoms with Gasteiger partial charge in [-0.1, -0.05) is 13.0 Å². The van der Waals surface area contributed by atoms with Crippen LogP contribution in [-0.4, -0.2) is 28.0 Å². The van der Waals surface area contributed by atoms with Crippen molar-refractivity contribution in [2.45, 2.75) is 18.9 Å². The van der Waals surface area contributed by atoms with Gasteiger partial charge in [-0.2, -0.15) is 0 Å². The Labute approximate surface area is 187 Å². The van der Waals surface area contributed by atoms with E-state index in [9.17, 15) is 24.6 Å². The van der Waals surface area contributed by atoms with E-state index in [4.69, 9.17) is 9.47 Å². The van der Waals surface area contributed by atoms with Gasteiger partial charge in [0.2, 0.25) is 11.8 Å². The molecule has 8 nitrogen and oxygen atoms in total. The lowest BCUT2D eigenvalue weighted by molar-refractivity contribution is -0.122. The number of esters is 1. The number of phenols is 2. The molecule has 33 heavy (non-hydrogen) atoms. The van der Waals surface area contributed by atoms with Crippen LogP contribution in [0.3, 0.4) is 0 Å². The number of aromatic hydroxyl groups is 2. The molecule has 0 bridgehead atoms. The first-order valence-corrected chi connectivity index (χ1v) is 10.4. The van der Waals surface area contributed by atoms with Crippen molar-refractivity contribution in [2.24, 2.45) is 5.92 Å². The normalized spacial score (nSPS) is 19.7. The fraction of sp³-hybridized carbons (Fsp3) is 0.160. The van der Waals surface area contributed by atoms with Gasteiger partial charge in [-0.15, -0.1) is 0 Å². The molecule has 3 heterocycles. The summed E-state index contributed by atoms with van der Waals surface area (Å²) < 4.78 is 11.9. The molecular weight excluding hydrogens is 426 g/mol. The van der Waals surface area contributed by atoms with Crippen LogP contribution in [-0.2, 0) is 19.9 Å². The number of hydrogen-bond acceptors (Lipinski definition) is 7. The third kappa shape index (κ3) is 2.48. The lowest BCUT2D eigenvalue weighted by Crippen LogP contribution is -2.33. The minimum atomic E-state index is -1.39. The van der Waals surface area contributed by atoms with E-state index in [1.165, 1.54) is 30.3 Å². The van der Waals surface area contributed by atoms with Crippen molar-refractivity contribution >= 4 is 23.5 Å². The lowest BCUT2D eigenvalue weighted by Gasteiger charge is -2.36. The molecule has 2 N–H and O–H groups in total. The van der Waals surface area contributed by atoms with E-state index in [0.717, 1.165) is 4.90 Å². The smallest absolute Gasteiger partial charge is 0.340 e. The number of rotatable bonds is 1. The highest BCUT2D eigenvalue weighted by atomic mass is 16.6. The number of hydrogen-bond donors (Lipinski definition) is 2. The Hall–Kier alpha value is -4.33. The monoisotopic (exact) mass is 443 g/mol. The highest BCUT2D eigenvalue weighted by Crippen LogP contribution is 2.57. The van der Waals surface area contributed by atoms with Gasteiger partial charge in [-0.05, 0) is 36.4 Å². The van der Waals surface area contributed by atoms with Gasteiger partial charge in [-0.25, -0.2) is 4.79 Å². The van der Waals surface area contributed by atoms with Crippen molar-refractivity contribution < 1.29 is 34.1 Å². The Morgan fingerprint density at radius 3 is 2.06 bits per heavy atom. The number of amides is 2. The number of fused-ring (bicyclic) bond motifs is 6. The molecule has 164 valence electrons. The van der Waals surface area contributed by atoms with Crippen molar-refractivity contribution in [3.63, 3.8) is 0 Å². The summed E-state index contributed by atoms with van der Waals surface area (Å²) in [6.07, 6.45) is 0.120. The number of benzene rings is 3. The van der Waals surface area contributed by atoms with Crippen LogP contribution in [0.5, 0.6) is 23.0 Å². The summed E-state index contributed by atoms with van der Waals surface area (Å²) in [5.41, 5.74) is 0.645. The van der Waals surface area contributed by atoms with Crippen molar-refractivity contribution in [3.05, 3.63) is 76.9 Å². The molecular formula is C25H17NO7. The van der Waals surface area contributed by atoms with Crippen LogP contribution < -0.4 is 9.64 Å². The minimum absolute atomic E-state index is 0.0347. The summed E-state index contributed by atoms with van der Waals surface area (Å²) >= 11 is 0. The van der Waals surface area contributed by atoms with Crippen molar-refractivity contribution in [3.8, 4) is 23.0 Å². The molecule has 1 fully saturated rings. The summed E-state index contributed by atoms with van der Waals surface area (Å²) in [4.78, 5) is 39.1.